The fourth-order valence-electron chi connectivity index (χ4n) is 1.04. The van der Waals surface area contributed by atoms with Crippen LogP contribution in [0.5, 0.6) is 0 Å². The number of hydrogen-bond acceptors (Lipinski definition) is 1. The molecule has 1 aromatic carbocycles. The zero-order chi connectivity index (χ0) is 6.97. The number of benzene rings is 1. The maximum absolute atomic E-state index is 5.42. The molecule has 1 aromatic heterocycles. The molecular weight excluding hydrogens is 213 g/mol. The number of rotatable bonds is 0. The normalized spacial score (nSPS) is 9.64. The van der Waals surface area contributed by atoms with Gasteiger partial charge >= 0.3 is 68.4 Å². The summed E-state index contributed by atoms with van der Waals surface area (Å²) in [6, 6.07) is 10.2. The molecule has 0 N–H and O–H groups in total. The van der Waals surface area contributed by atoms with Gasteiger partial charge in [0.2, 0.25) is 0 Å². The molecule has 0 radical (unpaired) electrons. The van der Waals surface area contributed by atoms with Crippen molar-refractivity contribution in [1.29, 1.82) is 0 Å². The van der Waals surface area contributed by atoms with Gasteiger partial charge in [-0.05, 0) is 0 Å². The molecule has 0 fully saturated rings. The van der Waals surface area contributed by atoms with Crippen molar-refractivity contribution in [2.45, 2.75) is 0 Å². The SMILES string of the molecule is [Cl-].[Zn+][c]1cc2ccccc2o1. The van der Waals surface area contributed by atoms with Gasteiger partial charge in [0.05, 0.1) is 0 Å². The standard InChI is InChI=1S/C8H5O.ClH.Zn/c1-2-4-8-7(3-1)5-6-9-8;;/h1-5H;1H;/q;;+1/p-1. The molecule has 1 heterocycles. The zero-order valence-electron chi connectivity index (χ0n) is 5.88. The maximum atomic E-state index is 5.42. The summed E-state index contributed by atoms with van der Waals surface area (Å²) in [6.45, 7) is 0. The monoisotopic (exact) mass is 216 g/mol. The Morgan fingerprint density at radius 1 is 1.18 bits per heavy atom. The fourth-order valence-corrected chi connectivity index (χ4v) is 1.82. The molecule has 0 aliphatic heterocycles. The molecule has 3 heteroatoms. The van der Waals surface area contributed by atoms with Crippen molar-refractivity contribution in [2.75, 3.05) is 0 Å². The van der Waals surface area contributed by atoms with Gasteiger partial charge in [0.15, 0.2) is 0 Å². The third-order valence-corrected chi connectivity index (χ3v) is 2.21. The number of hydrogen-bond donors (Lipinski definition) is 0. The van der Waals surface area contributed by atoms with Gasteiger partial charge in [0.1, 0.15) is 0 Å². The molecule has 52 valence electrons. The first-order valence-electron chi connectivity index (χ1n) is 3.17. The van der Waals surface area contributed by atoms with Gasteiger partial charge in [-0.25, -0.2) is 0 Å². The van der Waals surface area contributed by atoms with E-state index in [0.29, 0.717) is 0 Å². The molecule has 2 rings (SSSR count). The van der Waals surface area contributed by atoms with Crippen molar-refractivity contribution in [3.63, 3.8) is 0 Å². The van der Waals surface area contributed by atoms with Crippen LogP contribution >= 0.6 is 0 Å². The van der Waals surface area contributed by atoms with E-state index in [1.807, 2.05) is 18.2 Å². The van der Waals surface area contributed by atoms with Crippen molar-refractivity contribution in [2.24, 2.45) is 0 Å². The first kappa shape index (κ1) is 8.77. The summed E-state index contributed by atoms with van der Waals surface area (Å²) >= 11 is 1.09. The van der Waals surface area contributed by atoms with Gasteiger partial charge < -0.3 is 12.4 Å². The van der Waals surface area contributed by atoms with E-state index in [9.17, 15) is 0 Å². The molecule has 1 nitrogen and oxygen atoms in total. The van der Waals surface area contributed by atoms with Gasteiger partial charge in [0, 0.05) is 0 Å². The van der Waals surface area contributed by atoms with E-state index in [1.54, 1.807) is 0 Å². The quantitative estimate of drug-likeness (QED) is 0.496. The Labute approximate surface area is 80.9 Å². The fraction of sp³-hybridized carbons (Fsp3) is 0. The van der Waals surface area contributed by atoms with E-state index < -0.39 is 0 Å². The summed E-state index contributed by atoms with van der Waals surface area (Å²) in [5, 5.41) is 1.21. The van der Waals surface area contributed by atoms with Crippen LogP contribution in [0.1, 0.15) is 0 Å². The van der Waals surface area contributed by atoms with E-state index in [0.717, 1.165) is 28.2 Å². The van der Waals surface area contributed by atoms with Gasteiger partial charge in [-0.15, -0.1) is 0 Å². The molecule has 0 unspecified atom stereocenters. The molecular formula is C8H5ClOZn. The minimum absolute atomic E-state index is 0. The number of furan rings is 1. The second-order valence-electron chi connectivity index (χ2n) is 2.25. The third-order valence-electron chi connectivity index (χ3n) is 1.48. The molecule has 0 aliphatic rings. The molecule has 0 amide bonds. The second kappa shape index (κ2) is 3.38. The van der Waals surface area contributed by atoms with E-state index in [4.69, 9.17) is 4.42 Å². The molecule has 11 heavy (non-hydrogen) atoms. The van der Waals surface area contributed by atoms with Crippen molar-refractivity contribution >= 4 is 15.3 Å². The molecule has 0 aliphatic carbocycles. The zero-order valence-corrected chi connectivity index (χ0v) is 9.60. The van der Waals surface area contributed by atoms with Gasteiger partial charge in [0.25, 0.3) is 0 Å². The average Bonchev–Trinajstić information content (AvgIpc) is 2.27. The summed E-state index contributed by atoms with van der Waals surface area (Å²) < 4.78 is 6.52. The average molecular weight is 218 g/mol. The first-order valence-corrected chi connectivity index (χ1v) is 4.65. The van der Waals surface area contributed by atoms with Crippen LogP contribution in [-0.2, 0) is 18.3 Å². The van der Waals surface area contributed by atoms with Gasteiger partial charge in [-0.3, -0.25) is 0 Å². The van der Waals surface area contributed by atoms with Crippen molar-refractivity contribution in [1.82, 2.24) is 0 Å². The van der Waals surface area contributed by atoms with Crippen LogP contribution in [0.4, 0.5) is 0 Å². The van der Waals surface area contributed by atoms with Crippen molar-refractivity contribution in [3.8, 4) is 0 Å². The van der Waals surface area contributed by atoms with Crippen molar-refractivity contribution < 1.29 is 35.1 Å². The van der Waals surface area contributed by atoms with E-state index in [-0.39, 0.29) is 12.4 Å². The predicted molar refractivity (Wildman–Crippen MR) is 35.8 cm³/mol. The van der Waals surface area contributed by atoms with E-state index >= 15 is 0 Å². The summed E-state index contributed by atoms with van der Waals surface area (Å²) in [5.41, 5.74) is 1.00. The Hall–Kier alpha value is -0.327. The summed E-state index contributed by atoms with van der Waals surface area (Å²) in [5.74, 6) is 0. The Morgan fingerprint density at radius 3 is 2.64 bits per heavy atom. The Morgan fingerprint density at radius 2 is 1.91 bits per heavy atom. The third kappa shape index (κ3) is 1.63. The summed E-state index contributed by atoms with van der Waals surface area (Å²) in [4.78, 5) is 0. The number of fused-ring (bicyclic) bond motifs is 1. The summed E-state index contributed by atoms with van der Waals surface area (Å²) in [6.07, 6.45) is 0. The second-order valence-corrected chi connectivity index (χ2v) is 3.71. The Bertz CT molecular complexity index is 323. The van der Waals surface area contributed by atoms with Crippen LogP contribution in [0, 0.1) is 0 Å². The topological polar surface area (TPSA) is 13.1 Å². The molecule has 0 atom stereocenters. The molecule has 0 spiro atoms. The van der Waals surface area contributed by atoms with Crippen LogP contribution in [0.25, 0.3) is 11.0 Å². The Kier molecular flexibility index (Phi) is 2.69. The van der Waals surface area contributed by atoms with Crippen molar-refractivity contribution in [3.05, 3.63) is 30.3 Å². The molecule has 2 aromatic rings. The number of halogens is 1. The van der Waals surface area contributed by atoms with Crippen LogP contribution in [0.3, 0.4) is 0 Å². The molecule has 0 saturated heterocycles. The molecule has 0 bridgehead atoms. The van der Waals surface area contributed by atoms with Crippen LogP contribution < -0.4 is 16.8 Å². The molecule has 0 saturated carbocycles. The van der Waals surface area contributed by atoms with Crippen LogP contribution in [0.2, 0.25) is 0 Å². The summed E-state index contributed by atoms with van der Waals surface area (Å²) in [7, 11) is 0. The van der Waals surface area contributed by atoms with Gasteiger partial charge in [-0.1, -0.05) is 0 Å². The van der Waals surface area contributed by atoms with Crippen LogP contribution in [0.15, 0.2) is 34.7 Å². The Balaban J connectivity index is 0.000000605. The van der Waals surface area contributed by atoms with E-state index in [2.05, 4.69) is 12.1 Å². The number of para-hydroxylation sites is 1. The van der Waals surface area contributed by atoms with E-state index in [1.165, 1.54) is 5.39 Å². The van der Waals surface area contributed by atoms with Gasteiger partial charge in [-0.2, -0.15) is 0 Å². The minimum atomic E-state index is 0. The van der Waals surface area contributed by atoms with Crippen LogP contribution in [-0.4, -0.2) is 0 Å². The first-order chi connectivity index (χ1) is 4.86. The predicted octanol–water partition coefficient (Wildman–Crippen LogP) is -1.39.